The van der Waals surface area contributed by atoms with Crippen LogP contribution in [-0.2, 0) is 9.59 Å². The molecule has 0 aliphatic heterocycles. The van der Waals surface area contributed by atoms with Crippen LogP contribution < -0.4 is 10.1 Å². The normalized spacial score (nSPS) is 22.5. The van der Waals surface area contributed by atoms with Crippen molar-refractivity contribution in [1.82, 2.24) is 5.32 Å². The fourth-order valence-electron chi connectivity index (χ4n) is 2.67. The summed E-state index contributed by atoms with van der Waals surface area (Å²) in [6.45, 7) is 3.76. The average Bonchev–Trinajstić information content (AvgIpc) is 3.32. The number of methoxy groups -OCH3 is 1. The smallest absolute Gasteiger partial charge is 0.326 e. The molecule has 22 heavy (non-hydrogen) atoms. The summed E-state index contributed by atoms with van der Waals surface area (Å²) in [6.07, 6.45) is 1.47. The number of aliphatic carboxylic acids is 1. The zero-order chi connectivity index (χ0) is 16.3. The molecule has 1 aromatic carbocycles. The highest BCUT2D eigenvalue weighted by Gasteiger charge is 2.45. The second kappa shape index (κ2) is 6.81. The van der Waals surface area contributed by atoms with Crippen molar-refractivity contribution < 1.29 is 19.4 Å². The van der Waals surface area contributed by atoms with Gasteiger partial charge in [0, 0.05) is 5.92 Å². The minimum atomic E-state index is -0.971. The third kappa shape index (κ3) is 3.59. The topological polar surface area (TPSA) is 75.6 Å². The Bertz CT molecular complexity index is 557. The van der Waals surface area contributed by atoms with E-state index in [1.165, 1.54) is 0 Å². The summed E-state index contributed by atoms with van der Waals surface area (Å²) >= 11 is 0. The van der Waals surface area contributed by atoms with Gasteiger partial charge in [-0.2, -0.15) is 0 Å². The van der Waals surface area contributed by atoms with Crippen molar-refractivity contribution in [3.8, 4) is 5.75 Å². The number of benzene rings is 1. The number of hydrogen-bond acceptors (Lipinski definition) is 3. The van der Waals surface area contributed by atoms with Gasteiger partial charge in [-0.3, -0.25) is 4.79 Å². The van der Waals surface area contributed by atoms with Crippen molar-refractivity contribution in [2.45, 2.75) is 38.6 Å². The maximum atomic E-state index is 12.3. The molecule has 1 amide bonds. The lowest BCUT2D eigenvalue weighted by Gasteiger charge is -2.20. The van der Waals surface area contributed by atoms with Gasteiger partial charge in [0.05, 0.1) is 7.11 Å². The number of amides is 1. The predicted molar refractivity (Wildman–Crippen MR) is 82.9 cm³/mol. The Hall–Kier alpha value is -2.04. The number of carbonyl (C=O) groups excluding carboxylic acids is 1. The minimum Gasteiger partial charge on any atom is -0.497 e. The Labute approximate surface area is 130 Å². The highest BCUT2D eigenvalue weighted by Crippen LogP contribution is 2.48. The molecular weight excluding hydrogens is 282 g/mol. The molecule has 0 radical (unpaired) electrons. The van der Waals surface area contributed by atoms with Crippen LogP contribution in [0.3, 0.4) is 0 Å². The van der Waals surface area contributed by atoms with Gasteiger partial charge in [-0.25, -0.2) is 4.79 Å². The van der Waals surface area contributed by atoms with Crippen LogP contribution in [0.2, 0.25) is 0 Å². The van der Waals surface area contributed by atoms with E-state index in [-0.39, 0.29) is 23.7 Å². The van der Waals surface area contributed by atoms with E-state index in [1.54, 1.807) is 7.11 Å². The molecule has 0 heterocycles. The molecule has 5 heteroatoms. The number of carboxylic acids is 1. The molecule has 1 fully saturated rings. The number of hydrogen-bond donors (Lipinski definition) is 2. The van der Waals surface area contributed by atoms with Crippen molar-refractivity contribution in [2.24, 2.45) is 11.8 Å². The summed E-state index contributed by atoms with van der Waals surface area (Å²) in [4.78, 5) is 23.6. The number of ether oxygens (including phenoxy) is 1. The highest BCUT2D eigenvalue weighted by atomic mass is 16.5. The van der Waals surface area contributed by atoms with Crippen molar-refractivity contribution in [2.75, 3.05) is 7.11 Å². The van der Waals surface area contributed by atoms with E-state index < -0.39 is 12.0 Å². The molecular formula is C17H23NO4. The van der Waals surface area contributed by atoms with E-state index in [0.29, 0.717) is 6.42 Å². The first-order valence-corrected chi connectivity index (χ1v) is 7.65. The van der Waals surface area contributed by atoms with Crippen molar-refractivity contribution in [3.05, 3.63) is 29.8 Å². The molecule has 2 unspecified atom stereocenters. The zero-order valence-corrected chi connectivity index (χ0v) is 13.2. The van der Waals surface area contributed by atoms with Gasteiger partial charge in [0.25, 0.3) is 0 Å². The van der Waals surface area contributed by atoms with Crippen LogP contribution in [0.25, 0.3) is 0 Å². The Morgan fingerprint density at radius 2 is 2.18 bits per heavy atom. The summed E-state index contributed by atoms with van der Waals surface area (Å²) < 4.78 is 5.19. The lowest BCUT2D eigenvalue weighted by molar-refractivity contribution is -0.143. The molecule has 2 rings (SSSR count). The minimum absolute atomic E-state index is 0.0875. The third-order valence-electron chi connectivity index (χ3n) is 4.43. The molecule has 1 aliphatic rings. The lowest BCUT2D eigenvalue weighted by Crippen LogP contribution is -2.45. The Kier molecular flexibility index (Phi) is 5.06. The SMILES string of the molecule is CC[C@H](C)[C@H](NC(=O)C1CC1c1cccc(OC)c1)C(=O)O. The predicted octanol–water partition coefficient (Wildman–Crippen LogP) is 2.41. The average molecular weight is 305 g/mol. The quantitative estimate of drug-likeness (QED) is 0.811. The summed E-state index contributed by atoms with van der Waals surface area (Å²) in [7, 11) is 1.61. The van der Waals surface area contributed by atoms with Crippen molar-refractivity contribution in [3.63, 3.8) is 0 Å². The van der Waals surface area contributed by atoms with Gasteiger partial charge < -0.3 is 15.2 Å². The van der Waals surface area contributed by atoms with Crippen molar-refractivity contribution in [1.29, 1.82) is 0 Å². The molecule has 0 saturated heterocycles. The zero-order valence-electron chi connectivity index (χ0n) is 13.2. The Morgan fingerprint density at radius 3 is 2.77 bits per heavy atom. The summed E-state index contributed by atoms with van der Waals surface area (Å²) in [5, 5.41) is 11.9. The largest absolute Gasteiger partial charge is 0.497 e. The maximum absolute atomic E-state index is 12.3. The molecule has 0 bridgehead atoms. The third-order valence-corrected chi connectivity index (χ3v) is 4.43. The molecule has 2 N–H and O–H groups in total. The number of nitrogens with one attached hydrogen (secondary N) is 1. The fraction of sp³-hybridized carbons (Fsp3) is 0.529. The molecule has 5 nitrogen and oxygen atoms in total. The van der Waals surface area contributed by atoms with Gasteiger partial charge in [-0.15, -0.1) is 0 Å². The second-order valence-electron chi connectivity index (χ2n) is 5.94. The number of rotatable bonds is 7. The van der Waals surface area contributed by atoms with E-state index in [4.69, 9.17) is 4.74 Å². The summed E-state index contributed by atoms with van der Waals surface area (Å²) in [5.41, 5.74) is 1.06. The van der Waals surface area contributed by atoms with Crippen LogP contribution >= 0.6 is 0 Å². The summed E-state index contributed by atoms with van der Waals surface area (Å²) in [5.74, 6) is -0.441. The molecule has 1 saturated carbocycles. The number of carboxylic acid groups (broad SMARTS) is 1. The highest BCUT2D eigenvalue weighted by molar-refractivity contribution is 5.87. The van der Waals surface area contributed by atoms with Gasteiger partial charge in [-0.1, -0.05) is 32.4 Å². The van der Waals surface area contributed by atoms with E-state index in [2.05, 4.69) is 5.32 Å². The fourth-order valence-corrected chi connectivity index (χ4v) is 2.67. The Balaban J connectivity index is 1.99. The first-order chi connectivity index (χ1) is 10.5. The van der Waals surface area contributed by atoms with E-state index in [0.717, 1.165) is 17.7 Å². The first-order valence-electron chi connectivity index (χ1n) is 7.65. The first kappa shape index (κ1) is 16.3. The van der Waals surface area contributed by atoms with Crippen LogP contribution in [0.5, 0.6) is 5.75 Å². The van der Waals surface area contributed by atoms with Gasteiger partial charge in [0.1, 0.15) is 11.8 Å². The molecule has 120 valence electrons. The van der Waals surface area contributed by atoms with E-state index in [9.17, 15) is 14.7 Å². The van der Waals surface area contributed by atoms with Crippen molar-refractivity contribution >= 4 is 11.9 Å². The molecule has 1 aliphatic carbocycles. The van der Waals surface area contributed by atoms with E-state index >= 15 is 0 Å². The van der Waals surface area contributed by atoms with Gasteiger partial charge in [0.15, 0.2) is 0 Å². The van der Waals surface area contributed by atoms with Gasteiger partial charge in [-0.05, 0) is 36.0 Å². The van der Waals surface area contributed by atoms with Crippen LogP contribution in [0.1, 0.15) is 38.2 Å². The Morgan fingerprint density at radius 1 is 1.45 bits per heavy atom. The molecule has 4 atom stereocenters. The van der Waals surface area contributed by atoms with Crippen LogP contribution in [0.15, 0.2) is 24.3 Å². The summed E-state index contributed by atoms with van der Waals surface area (Å²) in [6, 6.07) is 6.86. The van der Waals surface area contributed by atoms with E-state index in [1.807, 2.05) is 38.1 Å². The molecule has 1 aromatic rings. The molecule has 0 aromatic heterocycles. The van der Waals surface area contributed by atoms with Gasteiger partial charge >= 0.3 is 5.97 Å². The van der Waals surface area contributed by atoms with Crippen LogP contribution in [0.4, 0.5) is 0 Å². The lowest BCUT2D eigenvalue weighted by atomic mass is 9.99. The standard InChI is InChI=1S/C17H23NO4/c1-4-10(2)15(17(20)21)18-16(19)14-9-13(14)11-6-5-7-12(8-11)22-3/h5-8,10,13-15H,4,9H2,1-3H3,(H,18,19)(H,20,21)/t10-,13?,14?,15-/m0/s1. The molecule has 0 spiro atoms. The van der Waals surface area contributed by atoms with Gasteiger partial charge in [0.2, 0.25) is 5.91 Å². The maximum Gasteiger partial charge on any atom is 0.326 e. The number of carbonyl (C=O) groups is 2. The second-order valence-corrected chi connectivity index (χ2v) is 5.94. The van der Waals surface area contributed by atoms with Crippen LogP contribution in [-0.4, -0.2) is 30.1 Å². The monoisotopic (exact) mass is 305 g/mol. The van der Waals surface area contributed by atoms with Crippen LogP contribution in [0, 0.1) is 11.8 Å².